The summed E-state index contributed by atoms with van der Waals surface area (Å²) >= 11 is 0. The average Bonchev–Trinajstić information content (AvgIpc) is 2.13. The molecule has 4 nitrogen and oxygen atoms in total. The minimum atomic E-state index is -0.173. The molecular weight excluding hydrogens is 216 g/mol. The lowest BCUT2D eigenvalue weighted by atomic mass is 9.73. The molecule has 0 radical (unpaired) electrons. The minimum Gasteiger partial charge on any atom is -0.331 e. The van der Waals surface area contributed by atoms with Gasteiger partial charge in [0.05, 0.1) is 6.04 Å². The summed E-state index contributed by atoms with van der Waals surface area (Å²) in [5.41, 5.74) is 1.61. The number of ketones is 1. The number of rotatable bonds is 2. The van der Waals surface area contributed by atoms with Gasteiger partial charge in [0, 0.05) is 17.7 Å². The Morgan fingerprint density at radius 3 is 2.65 bits per heavy atom. The lowest BCUT2D eigenvalue weighted by Gasteiger charge is -2.38. The van der Waals surface area contributed by atoms with Gasteiger partial charge in [0.15, 0.2) is 5.78 Å². The molecule has 1 aliphatic carbocycles. The number of hydrogen-bond donors (Lipinski definition) is 2. The van der Waals surface area contributed by atoms with Crippen LogP contribution in [0, 0.1) is 5.41 Å². The van der Waals surface area contributed by atoms with E-state index >= 15 is 0 Å². The molecule has 1 atom stereocenters. The zero-order valence-corrected chi connectivity index (χ0v) is 10.7. The van der Waals surface area contributed by atoms with Crippen LogP contribution in [0.1, 0.15) is 46.5 Å². The van der Waals surface area contributed by atoms with Crippen molar-refractivity contribution in [1.82, 2.24) is 10.6 Å². The fourth-order valence-electron chi connectivity index (χ4n) is 2.76. The van der Waals surface area contributed by atoms with Crippen molar-refractivity contribution < 1.29 is 9.59 Å². The van der Waals surface area contributed by atoms with Gasteiger partial charge < -0.3 is 10.6 Å². The summed E-state index contributed by atoms with van der Waals surface area (Å²) in [4.78, 5) is 23.7. The van der Waals surface area contributed by atoms with E-state index in [4.69, 9.17) is 0 Å². The second-order valence-corrected chi connectivity index (χ2v) is 5.77. The van der Waals surface area contributed by atoms with Crippen molar-refractivity contribution in [2.75, 3.05) is 0 Å². The Labute approximate surface area is 102 Å². The maximum absolute atomic E-state index is 12.2. The van der Waals surface area contributed by atoms with Crippen LogP contribution in [0.25, 0.3) is 0 Å². The molecule has 1 heterocycles. The first-order chi connectivity index (χ1) is 7.93. The average molecular weight is 236 g/mol. The molecule has 2 N–H and O–H groups in total. The summed E-state index contributed by atoms with van der Waals surface area (Å²) in [6.07, 6.45) is 3.14. The van der Waals surface area contributed by atoms with E-state index in [2.05, 4.69) is 31.4 Å². The van der Waals surface area contributed by atoms with Crippen molar-refractivity contribution in [2.45, 2.75) is 52.5 Å². The topological polar surface area (TPSA) is 58.2 Å². The first kappa shape index (κ1) is 12.1. The van der Waals surface area contributed by atoms with Crippen molar-refractivity contribution in [1.29, 1.82) is 0 Å². The SMILES string of the molecule is CCCC1NC(=O)NC2=C1C(=O)CC(C)(C)C2. The molecule has 0 saturated carbocycles. The number of allylic oxidation sites excluding steroid dienone is 1. The van der Waals surface area contributed by atoms with Crippen LogP contribution >= 0.6 is 0 Å². The lowest BCUT2D eigenvalue weighted by molar-refractivity contribution is -0.118. The smallest absolute Gasteiger partial charge is 0.319 e. The highest BCUT2D eigenvalue weighted by molar-refractivity contribution is 6.01. The Hall–Kier alpha value is -1.32. The van der Waals surface area contributed by atoms with Gasteiger partial charge in [0.25, 0.3) is 0 Å². The molecular formula is C13H20N2O2. The molecule has 0 saturated heterocycles. The van der Waals surface area contributed by atoms with E-state index in [0.717, 1.165) is 30.5 Å². The molecule has 4 heteroatoms. The standard InChI is InChI=1S/C13H20N2O2/c1-4-5-8-11-9(15-12(17)14-8)6-13(2,3)7-10(11)16/h8H,4-7H2,1-3H3,(H2,14,15,17). The summed E-state index contributed by atoms with van der Waals surface area (Å²) in [7, 11) is 0. The summed E-state index contributed by atoms with van der Waals surface area (Å²) in [5, 5.41) is 5.65. The fraction of sp³-hybridized carbons (Fsp3) is 0.692. The van der Waals surface area contributed by atoms with E-state index in [1.807, 2.05) is 0 Å². The molecule has 1 unspecified atom stereocenters. The highest BCUT2D eigenvalue weighted by atomic mass is 16.2. The van der Waals surface area contributed by atoms with E-state index in [1.165, 1.54) is 0 Å². The summed E-state index contributed by atoms with van der Waals surface area (Å²) in [5.74, 6) is 0.183. The molecule has 0 bridgehead atoms. The maximum Gasteiger partial charge on any atom is 0.319 e. The monoisotopic (exact) mass is 236 g/mol. The third-order valence-electron chi connectivity index (χ3n) is 3.42. The van der Waals surface area contributed by atoms with Crippen molar-refractivity contribution in [3.8, 4) is 0 Å². The normalized spacial score (nSPS) is 27.4. The molecule has 0 aromatic rings. The van der Waals surface area contributed by atoms with E-state index in [0.29, 0.717) is 6.42 Å². The Bertz CT molecular complexity index is 396. The van der Waals surface area contributed by atoms with Crippen LogP contribution in [-0.2, 0) is 4.79 Å². The minimum absolute atomic E-state index is 0.0443. The van der Waals surface area contributed by atoms with Gasteiger partial charge in [-0.25, -0.2) is 4.79 Å². The van der Waals surface area contributed by atoms with Crippen molar-refractivity contribution in [3.63, 3.8) is 0 Å². The van der Waals surface area contributed by atoms with Crippen LogP contribution in [0.15, 0.2) is 11.3 Å². The fourth-order valence-corrected chi connectivity index (χ4v) is 2.76. The summed E-state index contributed by atoms with van der Waals surface area (Å²) in [6, 6.07) is -0.264. The first-order valence-corrected chi connectivity index (χ1v) is 6.27. The summed E-state index contributed by atoms with van der Waals surface area (Å²) in [6.45, 7) is 6.20. The van der Waals surface area contributed by atoms with E-state index in [9.17, 15) is 9.59 Å². The van der Waals surface area contributed by atoms with Crippen LogP contribution in [0.5, 0.6) is 0 Å². The number of carbonyl (C=O) groups is 2. The van der Waals surface area contributed by atoms with Gasteiger partial charge >= 0.3 is 6.03 Å². The molecule has 1 aliphatic heterocycles. The van der Waals surface area contributed by atoms with Crippen LogP contribution in [-0.4, -0.2) is 17.9 Å². The number of Topliss-reactive ketones (excluding diaryl/α,β-unsaturated/α-hetero) is 1. The van der Waals surface area contributed by atoms with Crippen molar-refractivity contribution in [2.24, 2.45) is 5.41 Å². The van der Waals surface area contributed by atoms with Gasteiger partial charge in [-0.3, -0.25) is 4.79 Å². The quantitative estimate of drug-likeness (QED) is 0.771. The molecule has 2 rings (SSSR count). The maximum atomic E-state index is 12.2. The van der Waals surface area contributed by atoms with Crippen molar-refractivity contribution in [3.05, 3.63) is 11.3 Å². The van der Waals surface area contributed by atoms with E-state index < -0.39 is 0 Å². The Kier molecular flexibility index (Phi) is 2.98. The molecule has 0 aromatic carbocycles. The second kappa shape index (κ2) is 4.17. The van der Waals surface area contributed by atoms with Crippen LogP contribution in [0.3, 0.4) is 0 Å². The lowest BCUT2D eigenvalue weighted by Crippen LogP contribution is -2.52. The van der Waals surface area contributed by atoms with Crippen LogP contribution in [0.2, 0.25) is 0 Å². The van der Waals surface area contributed by atoms with Gasteiger partial charge in [-0.15, -0.1) is 0 Å². The molecule has 0 fully saturated rings. The van der Waals surface area contributed by atoms with Crippen molar-refractivity contribution >= 4 is 11.8 Å². The number of nitrogens with one attached hydrogen (secondary N) is 2. The van der Waals surface area contributed by atoms with E-state index in [1.54, 1.807) is 0 Å². The molecule has 94 valence electrons. The molecule has 17 heavy (non-hydrogen) atoms. The number of amides is 2. The molecule has 0 spiro atoms. The van der Waals surface area contributed by atoms with Gasteiger partial charge in [-0.2, -0.15) is 0 Å². The predicted molar refractivity (Wildman–Crippen MR) is 65.4 cm³/mol. The molecule has 2 aliphatic rings. The number of hydrogen-bond acceptors (Lipinski definition) is 2. The highest BCUT2D eigenvalue weighted by Gasteiger charge is 2.39. The third kappa shape index (κ3) is 2.35. The zero-order valence-electron chi connectivity index (χ0n) is 10.7. The largest absolute Gasteiger partial charge is 0.331 e. The Balaban J connectivity index is 2.35. The van der Waals surface area contributed by atoms with Gasteiger partial charge in [0.2, 0.25) is 0 Å². The van der Waals surface area contributed by atoms with Crippen LogP contribution in [0.4, 0.5) is 4.79 Å². The van der Waals surface area contributed by atoms with Gasteiger partial charge in [0.1, 0.15) is 0 Å². The molecule has 0 aromatic heterocycles. The first-order valence-electron chi connectivity index (χ1n) is 6.27. The third-order valence-corrected chi connectivity index (χ3v) is 3.42. The number of urea groups is 1. The number of carbonyl (C=O) groups excluding carboxylic acids is 2. The zero-order chi connectivity index (χ0) is 12.6. The Morgan fingerprint density at radius 1 is 1.29 bits per heavy atom. The Morgan fingerprint density at radius 2 is 2.00 bits per heavy atom. The van der Waals surface area contributed by atoms with E-state index in [-0.39, 0.29) is 23.3 Å². The summed E-state index contributed by atoms with van der Waals surface area (Å²) < 4.78 is 0. The second-order valence-electron chi connectivity index (χ2n) is 5.77. The highest BCUT2D eigenvalue weighted by Crippen LogP contribution is 2.38. The predicted octanol–water partition coefficient (Wildman–Crippen LogP) is 2.11. The molecule has 2 amide bonds. The van der Waals surface area contributed by atoms with Gasteiger partial charge in [-0.1, -0.05) is 27.2 Å². The van der Waals surface area contributed by atoms with Crippen LogP contribution < -0.4 is 10.6 Å². The van der Waals surface area contributed by atoms with Gasteiger partial charge in [-0.05, 0) is 18.3 Å².